The number of aliphatic hydroxyl groups is 2. The maximum absolute atomic E-state index is 13.3. The Hall–Kier alpha value is -2.96. The maximum Gasteiger partial charge on any atom is 0.306 e. The Morgan fingerprint density at radius 2 is 0.841 bits per heavy atom. The van der Waals surface area contributed by atoms with Crippen LogP contribution in [0.5, 0.6) is 0 Å². The van der Waals surface area contributed by atoms with Crippen LogP contribution in [0.25, 0.3) is 0 Å². The second kappa shape index (κ2) is 56.0. The van der Waals surface area contributed by atoms with E-state index in [4.69, 9.17) is 4.74 Å². The minimum absolute atomic E-state index is 0.0248. The van der Waals surface area contributed by atoms with Gasteiger partial charge in [-0.3, -0.25) is 9.59 Å². The largest absolute Gasteiger partial charge is 0.462 e. The van der Waals surface area contributed by atoms with Crippen molar-refractivity contribution in [1.29, 1.82) is 0 Å². The highest BCUT2D eigenvalue weighted by molar-refractivity contribution is 5.77. The number of rotatable bonds is 52. The predicted molar refractivity (Wildman–Crippen MR) is 301 cm³/mol. The van der Waals surface area contributed by atoms with Crippen LogP contribution >= 0.6 is 0 Å². The third-order valence-electron chi connectivity index (χ3n) is 13.0. The molecule has 0 fully saturated rings. The summed E-state index contributed by atoms with van der Waals surface area (Å²) in [6.45, 7) is 6.36. The monoisotopic (exact) mass is 962 g/mol. The molecule has 0 bridgehead atoms. The minimum Gasteiger partial charge on any atom is -0.462 e. The van der Waals surface area contributed by atoms with Gasteiger partial charge in [-0.15, -0.1) is 0 Å². The lowest BCUT2D eigenvalue weighted by molar-refractivity contribution is -0.151. The molecule has 0 radical (unpaired) electrons. The van der Waals surface area contributed by atoms with Gasteiger partial charge in [-0.25, -0.2) is 0 Å². The van der Waals surface area contributed by atoms with Crippen molar-refractivity contribution >= 4 is 11.9 Å². The van der Waals surface area contributed by atoms with Crippen LogP contribution in [0.1, 0.15) is 278 Å². The van der Waals surface area contributed by atoms with Gasteiger partial charge in [-0.05, 0) is 89.9 Å². The molecule has 0 aromatic rings. The Morgan fingerprint density at radius 3 is 1.29 bits per heavy atom. The molecule has 6 nitrogen and oxygen atoms in total. The first-order valence-electron chi connectivity index (χ1n) is 29.3. The zero-order valence-electron chi connectivity index (χ0n) is 45.4. The van der Waals surface area contributed by atoms with Crippen LogP contribution in [0, 0.1) is 0 Å². The Kier molecular flexibility index (Phi) is 53.6. The van der Waals surface area contributed by atoms with Gasteiger partial charge in [0.2, 0.25) is 5.91 Å². The smallest absolute Gasteiger partial charge is 0.306 e. The van der Waals surface area contributed by atoms with Crippen molar-refractivity contribution in [2.75, 3.05) is 6.61 Å². The molecule has 0 aromatic carbocycles. The third-order valence-corrected chi connectivity index (χ3v) is 13.0. The molecule has 3 unspecified atom stereocenters. The van der Waals surface area contributed by atoms with Gasteiger partial charge < -0.3 is 20.3 Å². The molecule has 1 amide bonds. The second-order valence-electron chi connectivity index (χ2n) is 19.7. The summed E-state index contributed by atoms with van der Waals surface area (Å²) in [5.41, 5.74) is 0. The zero-order valence-corrected chi connectivity index (χ0v) is 45.4. The number of carbonyl (C=O) groups is 2. The highest BCUT2D eigenvalue weighted by Gasteiger charge is 2.24. The molecule has 6 heteroatoms. The number of hydrogen-bond acceptors (Lipinski definition) is 5. The summed E-state index contributed by atoms with van der Waals surface area (Å²) < 4.78 is 5.92. The Bertz CT molecular complexity index is 1310. The Morgan fingerprint density at radius 1 is 0.449 bits per heavy atom. The van der Waals surface area contributed by atoms with Gasteiger partial charge in [0.25, 0.3) is 0 Å². The summed E-state index contributed by atoms with van der Waals surface area (Å²) in [6.07, 6.45) is 73.7. The lowest BCUT2D eigenvalue weighted by atomic mass is 10.0. The van der Waals surface area contributed by atoms with Crippen LogP contribution in [-0.2, 0) is 14.3 Å². The van der Waals surface area contributed by atoms with Crippen LogP contribution in [0.15, 0.2) is 85.1 Å². The van der Waals surface area contributed by atoms with Gasteiger partial charge in [0, 0.05) is 6.42 Å². The minimum atomic E-state index is -0.813. The van der Waals surface area contributed by atoms with Gasteiger partial charge in [0.15, 0.2) is 0 Å². The number of esters is 1. The summed E-state index contributed by atoms with van der Waals surface area (Å²) in [7, 11) is 0. The van der Waals surface area contributed by atoms with E-state index >= 15 is 0 Å². The SMILES string of the molecule is CC/C=C\C/C=C\C/C=C\C/C=C\C/C=C\CCCC(CC(=O)NC(CO)C(O)CCCCCCCCCCCCCCCCCCC)OC(=O)CCCCC/C=C/C=C/CCCCCCCCC. The lowest BCUT2D eigenvalue weighted by Gasteiger charge is -2.24. The molecular weight excluding hydrogens is 851 g/mol. The first-order valence-corrected chi connectivity index (χ1v) is 29.3. The molecule has 0 aliphatic carbocycles. The summed E-state index contributed by atoms with van der Waals surface area (Å²) in [4.78, 5) is 26.3. The summed E-state index contributed by atoms with van der Waals surface area (Å²) in [6, 6.07) is -0.731. The van der Waals surface area contributed by atoms with Crippen molar-refractivity contribution in [2.45, 2.75) is 296 Å². The number of carbonyl (C=O) groups excluding carboxylic acids is 2. The highest BCUT2D eigenvalue weighted by atomic mass is 16.5. The van der Waals surface area contributed by atoms with E-state index in [1.165, 1.54) is 135 Å². The molecule has 0 spiro atoms. The standard InChI is InChI=1S/C63H111NO5/c1-4-7-10-13-16-19-22-25-28-31-33-36-39-42-45-48-51-54-59(69-63(68)56-53-50-47-44-41-38-35-30-27-24-21-18-15-12-9-6-3)57-62(67)64-60(58-65)61(66)55-52-49-46-43-40-37-34-32-29-26-23-20-17-14-11-8-5-2/h7,10,16,19,25,28,30,33,35-36,38,41-42,45,59-61,65-66H,4-6,8-9,11-15,17-18,20-24,26-27,29,31-32,34,37,39-40,43-44,46-58H2,1-3H3,(H,64,67)/b10-7-,19-16-,28-25-,35-30+,36-33-,41-38+,45-42-. The van der Waals surface area contributed by atoms with E-state index in [1.807, 2.05) is 0 Å². The molecule has 0 saturated heterocycles. The van der Waals surface area contributed by atoms with Crippen LogP contribution in [0.2, 0.25) is 0 Å². The molecule has 0 saturated carbocycles. The summed E-state index contributed by atoms with van der Waals surface area (Å²) in [5, 5.41) is 23.9. The molecule has 0 heterocycles. The van der Waals surface area contributed by atoms with Gasteiger partial charge in [-0.1, -0.05) is 260 Å². The average molecular weight is 963 g/mol. The Balaban J connectivity index is 4.69. The van der Waals surface area contributed by atoms with Crippen LogP contribution in [0.3, 0.4) is 0 Å². The van der Waals surface area contributed by atoms with E-state index in [0.717, 1.165) is 96.3 Å². The molecule has 69 heavy (non-hydrogen) atoms. The fraction of sp³-hybridized carbons (Fsp3) is 0.746. The topological polar surface area (TPSA) is 95.9 Å². The number of aliphatic hydroxyl groups excluding tert-OH is 2. The van der Waals surface area contributed by atoms with Crippen LogP contribution in [-0.4, -0.2) is 46.9 Å². The van der Waals surface area contributed by atoms with Crippen molar-refractivity contribution in [1.82, 2.24) is 5.32 Å². The molecular formula is C63H111NO5. The van der Waals surface area contributed by atoms with Crippen molar-refractivity contribution in [3.63, 3.8) is 0 Å². The van der Waals surface area contributed by atoms with Gasteiger partial charge in [0.1, 0.15) is 6.10 Å². The molecule has 398 valence electrons. The second-order valence-corrected chi connectivity index (χ2v) is 19.7. The van der Waals surface area contributed by atoms with Crippen LogP contribution < -0.4 is 5.32 Å². The van der Waals surface area contributed by atoms with E-state index in [1.54, 1.807) is 0 Å². The van der Waals surface area contributed by atoms with Crippen molar-refractivity contribution in [3.8, 4) is 0 Å². The number of ether oxygens (including phenoxy) is 1. The quantitative estimate of drug-likeness (QED) is 0.0244. The van der Waals surface area contributed by atoms with Crippen LogP contribution in [0.4, 0.5) is 0 Å². The van der Waals surface area contributed by atoms with Crippen molar-refractivity contribution in [2.24, 2.45) is 0 Å². The number of hydrogen-bond donors (Lipinski definition) is 3. The maximum atomic E-state index is 13.3. The van der Waals surface area contributed by atoms with E-state index < -0.39 is 18.2 Å². The number of allylic oxidation sites excluding steroid dienone is 14. The van der Waals surface area contributed by atoms with Gasteiger partial charge in [0.05, 0.1) is 25.2 Å². The first-order chi connectivity index (χ1) is 34.0. The van der Waals surface area contributed by atoms with Crippen molar-refractivity contribution < 1.29 is 24.5 Å². The lowest BCUT2D eigenvalue weighted by Crippen LogP contribution is -2.46. The van der Waals surface area contributed by atoms with E-state index in [2.05, 4.69) is 111 Å². The first kappa shape index (κ1) is 66.0. The Labute approximate surface area is 427 Å². The number of nitrogens with one attached hydrogen (secondary N) is 1. The van der Waals surface area contributed by atoms with E-state index in [0.29, 0.717) is 19.3 Å². The highest BCUT2D eigenvalue weighted by Crippen LogP contribution is 2.17. The van der Waals surface area contributed by atoms with E-state index in [9.17, 15) is 19.8 Å². The molecule has 3 atom stereocenters. The number of unbranched alkanes of at least 4 members (excludes halogenated alkanes) is 27. The molecule has 0 aliphatic heterocycles. The fourth-order valence-corrected chi connectivity index (χ4v) is 8.57. The number of amides is 1. The molecule has 0 rings (SSSR count). The molecule has 0 aromatic heterocycles. The summed E-state index contributed by atoms with van der Waals surface area (Å²) in [5.74, 6) is -0.560. The molecule has 0 aliphatic rings. The zero-order chi connectivity index (χ0) is 50.2. The summed E-state index contributed by atoms with van der Waals surface area (Å²) >= 11 is 0. The predicted octanol–water partition coefficient (Wildman–Crippen LogP) is 18.3. The molecule has 3 N–H and O–H groups in total. The van der Waals surface area contributed by atoms with Gasteiger partial charge >= 0.3 is 5.97 Å². The van der Waals surface area contributed by atoms with E-state index in [-0.39, 0.29) is 24.9 Å². The fourth-order valence-electron chi connectivity index (χ4n) is 8.57. The third kappa shape index (κ3) is 51.2. The average Bonchev–Trinajstić information content (AvgIpc) is 3.34. The van der Waals surface area contributed by atoms with Crippen molar-refractivity contribution in [3.05, 3.63) is 85.1 Å². The van der Waals surface area contributed by atoms with Gasteiger partial charge in [-0.2, -0.15) is 0 Å². The normalized spacial score (nSPS) is 13.8.